The maximum absolute atomic E-state index is 9.27. The van der Waals surface area contributed by atoms with E-state index < -0.39 is 5.41 Å². The van der Waals surface area contributed by atoms with Crippen molar-refractivity contribution in [2.24, 2.45) is 5.41 Å². The zero-order valence-corrected chi connectivity index (χ0v) is 12.3. The highest BCUT2D eigenvalue weighted by atomic mass is 32.1. The van der Waals surface area contributed by atoms with Gasteiger partial charge in [-0.25, -0.2) is 4.98 Å². The highest BCUT2D eigenvalue weighted by Gasteiger charge is 2.24. The Morgan fingerprint density at radius 1 is 1.39 bits per heavy atom. The molecule has 0 bridgehead atoms. The van der Waals surface area contributed by atoms with Crippen molar-refractivity contribution < 1.29 is 10.2 Å². The molecule has 5 heteroatoms. The Bertz CT molecular complexity index is 351. The molecule has 0 fully saturated rings. The monoisotopic (exact) mass is 272 g/mol. The van der Waals surface area contributed by atoms with Crippen LogP contribution in [0.1, 0.15) is 31.0 Å². The molecule has 0 spiro atoms. The van der Waals surface area contributed by atoms with Gasteiger partial charge in [0, 0.05) is 23.9 Å². The molecule has 2 N–H and O–H groups in total. The minimum Gasteiger partial charge on any atom is -0.396 e. The van der Waals surface area contributed by atoms with Crippen LogP contribution in [0, 0.1) is 5.41 Å². The fourth-order valence-corrected chi connectivity index (χ4v) is 2.78. The number of rotatable bonds is 8. The molecule has 1 aromatic rings. The molecule has 0 aliphatic heterocycles. The third-order valence-electron chi connectivity index (χ3n) is 2.91. The molecule has 1 rings (SSSR count). The molecule has 0 amide bonds. The third-order valence-corrected chi connectivity index (χ3v) is 3.87. The van der Waals surface area contributed by atoms with E-state index in [1.165, 1.54) is 5.01 Å². The van der Waals surface area contributed by atoms with Crippen LogP contribution in [0.15, 0.2) is 5.38 Å². The topological polar surface area (TPSA) is 56.6 Å². The summed E-state index contributed by atoms with van der Waals surface area (Å²) in [7, 11) is 1.99. The van der Waals surface area contributed by atoms with Crippen LogP contribution in [0.2, 0.25) is 0 Å². The lowest BCUT2D eigenvalue weighted by molar-refractivity contribution is 0.0399. The first-order valence-corrected chi connectivity index (χ1v) is 7.24. The number of hydrogen-bond acceptors (Lipinski definition) is 5. The molecule has 1 aromatic heterocycles. The van der Waals surface area contributed by atoms with Gasteiger partial charge >= 0.3 is 0 Å². The molecule has 0 saturated heterocycles. The average molecular weight is 272 g/mol. The standard InChI is InChI=1S/C13H24N2O2S/c1-4-5-12-14-11(7-18-12)6-15(3)8-13(2,9-16)10-17/h7,16-17H,4-6,8-10H2,1-3H3. The minimum absolute atomic E-state index is 0.00795. The molecule has 104 valence electrons. The summed E-state index contributed by atoms with van der Waals surface area (Å²) in [5.74, 6) is 0. The number of aliphatic hydroxyl groups is 2. The molecule has 0 aliphatic rings. The maximum atomic E-state index is 9.27. The number of hydrogen-bond donors (Lipinski definition) is 2. The summed E-state index contributed by atoms with van der Waals surface area (Å²) >= 11 is 1.71. The summed E-state index contributed by atoms with van der Waals surface area (Å²) in [6.45, 7) is 5.43. The zero-order valence-electron chi connectivity index (χ0n) is 11.5. The van der Waals surface area contributed by atoms with E-state index in [4.69, 9.17) is 0 Å². The van der Waals surface area contributed by atoms with E-state index in [2.05, 4.69) is 22.2 Å². The van der Waals surface area contributed by atoms with E-state index >= 15 is 0 Å². The average Bonchev–Trinajstić information content (AvgIpc) is 2.76. The predicted molar refractivity (Wildman–Crippen MR) is 74.7 cm³/mol. The van der Waals surface area contributed by atoms with Gasteiger partial charge in [0.2, 0.25) is 0 Å². The fraction of sp³-hybridized carbons (Fsp3) is 0.769. The first-order chi connectivity index (χ1) is 8.53. The van der Waals surface area contributed by atoms with E-state index in [0.29, 0.717) is 6.54 Å². The van der Waals surface area contributed by atoms with Gasteiger partial charge in [-0.15, -0.1) is 11.3 Å². The van der Waals surface area contributed by atoms with Crippen molar-refractivity contribution in [1.82, 2.24) is 9.88 Å². The van der Waals surface area contributed by atoms with Crippen molar-refractivity contribution in [2.75, 3.05) is 26.8 Å². The Morgan fingerprint density at radius 3 is 2.61 bits per heavy atom. The van der Waals surface area contributed by atoms with Gasteiger partial charge in [-0.05, 0) is 19.9 Å². The summed E-state index contributed by atoms with van der Waals surface area (Å²) in [5.41, 5.74) is 0.626. The van der Waals surface area contributed by atoms with E-state index in [0.717, 1.165) is 25.1 Å². The van der Waals surface area contributed by atoms with Crippen LogP contribution in [-0.2, 0) is 13.0 Å². The number of nitrogens with zero attached hydrogens (tertiary/aromatic N) is 2. The van der Waals surface area contributed by atoms with Crippen LogP contribution in [0.25, 0.3) is 0 Å². The zero-order chi connectivity index (χ0) is 13.6. The van der Waals surface area contributed by atoms with Crippen molar-refractivity contribution in [3.05, 3.63) is 16.1 Å². The summed E-state index contributed by atoms with van der Waals surface area (Å²) in [6.07, 6.45) is 2.16. The van der Waals surface area contributed by atoms with Crippen LogP contribution in [0.4, 0.5) is 0 Å². The molecule has 1 heterocycles. The van der Waals surface area contributed by atoms with Crippen molar-refractivity contribution in [3.8, 4) is 0 Å². The largest absolute Gasteiger partial charge is 0.396 e. The second-order valence-corrected chi connectivity index (χ2v) is 6.22. The van der Waals surface area contributed by atoms with Crippen molar-refractivity contribution in [1.29, 1.82) is 0 Å². The molecular formula is C13H24N2O2S. The van der Waals surface area contributed by atoms with Gasteiger partial charge in [0.25, 0.3) is 0 Å². The molecule has 0 saturated carbocycles. The molecule has 18 heavy (non-hydrogen) atoms. The van der Waals surface area contributed by atoms with E-state index in [9.17, 15) is 10.2 Å². The van der Waals surface area contributed by atoms with Gasteiger partial charge < -0.3 is 10.2 Å². The Hall–Kier alpha value is -0.490. The molecule has 0 unspecified atom stereocenters. The second kappa shape index (κ2) is 7.19. The summed E-state index contributed by atoms with van der Waals surface area (Å²) in [5, 5.41) is 21.8. The highest BCUT2D eigenvalue weighted by Crippen LogP contribution is 2.18. The Balaban J connectivity index is 2.50. The lowest BCUT2D eigenvalue weighted by Gasteiger charge is -2.29. The lowest BCUT2D eigenvalue weighted by atomic mass is 9.92. The van der Waals surface area contributed by atoms with Crippen LogP contribution < -0.4 is 0 Å². The van der Waals surface area contributed by atoms with Gasteiger partial charge in [0.15, 0.2) is 0 Å². The molecule has 0 aliphatic carbocycles. The summed E-state index contributed by atoms with van der Waals surface area (Å²) < 4.78 is 0. The highest BCUT2D eigenvalue weighted by molar-refractivity contribution is 7.09. The van der Waals surface area contributed by atoms with E-state index in [1.807, 2.05) is 14.0 Å². The van der Waals surface area contributed by atoms with Gasteiger partial charge in [0.1, 0.15) is 0 Å². The molecule has 0 aromatic carbocycles. The van der Waals surface area contributed by atoms with E-state index in [-0.39, 0.29) is 13.2 Å². The second-order valence-electron chi connectivity index (χ2n) is 5.28. The first kappa shape index (κ1) is 15.6. The number of thiazole rings is 1. The predicted octanol–water partition coefficient (Wildman–Crippen LogP) is 1.52. The third kappa shape index (κ3) is 4.65. The maximum Gasteiger partial charge on any atom is 0.0928 e. The summed E-state index contributed by atoms with van der Waals surface area (Å²) in [6, 6.07) is 0. The van der Waals surface area contributed by atoms with Gasteiger partial charge in [-0.1, -0.05) is 13.8 Å². The normalized spacial score (nSPS) is 12.3. The number of aryl methyl sites for hydroxylation is 1. The quantitative estimate of drug-likeness (QED) is 0.753. The summed E-state index contributed by atoms with van der Waals surface area (Å²) in [4.78, 5) is 6.67. The number of aromatic nitrogens is 1. The first-order valence-electron chi connectivity index (χ1n) is 6.36. The molecule has 0 atom stereocenters. The van der Waals surface area contributed by atoms with Crippen LogP contribution in [0.3, 0.4) is 0 Å². The lowest BCUT2D eigenvalue weighted by Crippen LogP contribution is -2.38. The van der Waals surface area contributed by atoms with Gasteiger partial charge in [-0.2, -0.15) is 0 Å². The van der Waals surface area contributed by atoms with Crippen LogP contribution >= 0.6 is 11.3 Å². The van der Waals surface area contributed by atoms with Gasteiger partial charge in [0.05, 0.1) is 23.9 Å². The SMILES string of the molecule is CCCc1nc(CN(C)CC(C)(CO)CO)cs1. The number of aliphatic hydroxyl groups excluding tert-OH is 2. The van der Waals surface area contributed by atoms with Crippen molar-refractivity contribution >= 4 is 11.3 Å². The Morgan fingerprint density at radius 2 is 2.06 bits per heavy atom. The Labute approximate surface area is 113 Å². The van der Waals surface area contributed by atoms with Crippen molar-refractivity contribution in [2.45, 2.75) is 33.2 Å². The van der Waals surface area contributed by atoms with Crippen molar-refractivity contribution in [3.63, 3.8) is 0 Å². The Kier molecular flexibility index (Phi) is 6.21. The van der Waals surface area contributed by atoms with Crippen LogP contribution in [0.5, 0.6) is 0 Å². The smallest absolute Gasteiger partial charge is 0.0928 e. The minimum atomic E-state index is -0.447. The van der Waals surface area contributed by atoms with Crippen LogP contribution in [-0.4, -0.2) is 46.9 Å². The van der Waals surface area contributed by atoms with Gasteiger partial charge in [-0.3, -0.25) is 4.90 Å². The molecule has 0 radical (unpaired) electrons. The van der Waals surface area contributed by atoms with E-state index in [1.54, 1.807) is 11.3 Å². The molecule has 4 nitrogen and oxygen atoms in total. The fourth-order valence-electron chi connectivity index (χ4n) is 1.88. The molecular weight excluding hydrogens is 248 g/mol.